The number of ether oxygens (including phenoxy) is 1. The monoisotopic (exact) mass is 594 g/mol. The predicted octanol–water partition coefficient (Wildman–Crippen LogP) is 4.11. The molecule has 144 valence electrons. The lowest BCUT2D eigenvalue weighted by Gasteiger charge is -2.24. The number of carboxylic acid groups (broad SMARTS) is 1. The second-order valence-electron chi connectivity index (χ2n) is 5.94. The Hall–Kier alpha value is -1.56. The molecular weight excluding hydrogens is 574 g/mol. The molecule has 0 amide bonds. The van der Waals surface area contributed by atoms with Gasteiger partial charge in [-0.15, -0.1) is 0 Å². The molecule has 2 unspecified atom stereocenters. The third kappa shape index (κ3) is 5.24. The van der Waals surface area contributed by atoms with Crippen molar-refractivity contribution in [3.05, 3.63) is 43.6 Å². The molecule has 0 spiro atoms. The Kier molecular flexibility index (Phi) is 7.16. The fourth-order valence-electron chi connectivity index (χ4n) is 2.74. The molecule has 0 bridgehead atoms. The normalized spacial score (nSPS) is 20.9. The number of esters is 1. The van der Waals surface area contributed by atoms with Crippen LogP contribution in [0.15, 0.2) is 32.5 Å². The lowest BCUT2D eigenvalue weighted by Crippen LogP contribution is -2.25. The minimum atomic E-state index is -1.15. The zero-order valence-electron chi connectivity index (χ0n) is 14.6. The first-order chi connectivity index (χ1) is 13.1. The van der Waals surface area contributed by atoms with Gasteiger partial charge >= 0.3 is 11.9 Å². The summed E-state index contributed by atoms with van der Waals surface area (Å²) in [6.45, 7) is 0. The molecule has 0 saturated carbocycles. The van der Waals surface area contributed by atoms with E-state index in [0.29, 0.717) is 5.69 Å². The van der Waals surface area contributed by atoms with Crippen molar-refractivity contribution in [1.29, 1.82) is 0 Å². The molecule has 0 fully saturated rings. The average Bonchev–Trinajstić information content (AvgIpc) is 2.69. The molecule has 1 aromatic rings. The SMILES string of the molecule is COC(=O)c1cc(NC2C=IC=CC2)c(NC2C=IC=CC2)cc1C(=O)O. The fourth-order valence-corrected chi connectivity index (χ4v) is 6.34. The van der Waals surface area contributed by atoms with Crippen LogP contribution in [0.3, 0.4) is 0 Å². The quantitative estimate of drug-likeness (QED) is 0.340. The van der Waals surface area contributed by atoms with Gasteiger partial charge in [-0.05, 0) is 41.2 Å². The average molecular weight is 594 g/mol. The van der Waals surface area contributed by atoms with Gasteiger partial charge in [0.25, 0.3) is 0 Å². The molecule has 3 N–H and O–H groups in total. The maximum absolute atomic E-state index is 12.1. The highest BCUT2D eigenvalue weighted by Crippen LogP contribution is 2.30. The summed E-state index contributed by atoms with van der Waals surface area (Å²) < 4.78 is 13.8. The maximum atomic E-state index is 12.1. The van der Waals surface area contributed by atoms with Gasteiger partial charge in [-0.2, -0.15) is 0 Å². The van der Waals surface area contributed by atoms with Gasteiger partial charge < -0.3 is 20.5 Å². The van der Waals surface area contributed by atoms with Gasteiger partial charge in [-0.25, -0.2) is 9.59 Å². The Bertz CT molecular complexity index is 862. The molecular formula is C19H20I2N2O4. The summed E-state index contributed by atoms with van der Waals surface area (Å²) in [5, 5.41) is 16.5. The molecule has 2 heterocycles. The van der Waals surface area contributed by atoms with Gasteiger partial charge in [0.1, 0.15) is 0 Å². The molecule has 3 rings (SSSR count). The highest BCUT2D eigenvalue weighted by Gasteiger charge is 2.22. The highest BCUT2D eigenvalue weighted by molar-refractivity contribution is 14.2. The molecule has 2 aliphatic heterocycles. The fraction of sp³-hybridized carbons (Fsp3) is 0.263. The predicted molar refractivity (Wildman–Crippen MR) is 127 cm³/mol. The first kappa shape index (κ1) is 20.2. The number of methoxy groups -OCH3 is 1. The number of hydrogen-bond acceptors (Lipinski definition) is 5. The molecule has 0 aliphatic carbocycles. The van der Waals surface area contributed by atoms with E-state index in [1.165, 1.54) is 13.2 Å². The Morgan fingerprint density at radius 3 is 1.93 bits per heavy atom. The van der Waals surface area contributed by atoms with Crippen molar-refractivity contribution in [1.82, 2.24) is 0 Å². The lowest BCUT2D eigenvalue weighted by molar-refractivity contribution is 0.0583. The number of nitrogens with one attached hydrogen (secondary N) is 2. The third-order valence-electron chi connectivity index (χ3n) is 4.03. The van der Waals surface area contributed by atoms with Crippen LogP contribution in [0.2, 0.25) is 0 Å². The Morgan fingerprint density at radius 2 is 1.52 bits per heavy atom. The third-order valence-corrected chi connectivity index (χ3v) is 8.44. The Morgan fingerprint density at radius 1 is 1.00 bits per heavy atom. The van der Waals surface area contributed by atoms with Crippen LogP contribution < -0.4 is 10.6 Å². The van der Waals surface area contributed by atoms with Crippen molar-refractivity contribution < 1.29 is 19.4 Å². The number of carboxylic acids is 1. The molecule has 6 nitrogen and oxygen atoms in total. The number of anilines is 2. The number of aromatic carboxylic acids is 1. The zero-order valence-corrected chi connectivity index (χ0v) is 18.9. The smallest absolute Gasteiger partial charge is 0.338 e. The highest BCUT2D eigenvalue weighted by atomic mass is 127. The van der Waals surface area contributed by atoms with Gasteiger partial charge in [0.15, 0.2) is 0 Å². The number of carbonyl (C=O) groups is 2. The molecule has 27 heavy (non-hydrogen) atoms. The van der Waals surface area contributed by atoms with Gasteiger partial charge in [-0.3, -0.25) is 0 Å². The minimum Gasteiger partial charge on any atom is -0.478 e. The number of hydrogen-bond donors (Lipinski definition) is 3. The van der Waals surface area contributed by atoms with E-state index in [9.17, 15) is 14.7 Å². The van der Waals surface area contributed by atoms with Crippen LogP contribution in [0.4, 0.5) is 11.4 Å². The van der Waals surface area contributed by atoms with Gasteiger partial charge in [0, 0.05) is 0 Å². The van der Waals surface area contributed by atoms with E-state index in [-0.39, 0.29) is 64.7 Å². The van der Waals surface area contributed by atoms with Gasteiger partial charge in [0.2, 0.25) is 0 Å². The molecule has 2 atom stereocenters. The standard InChI is InChI=1S/C19H20I2N2O4/c1-27-19(26)15-9-17(23-13-5-3-7-21-11-13)16(8-14(15)18(24)25)22-12-4-2-6-20-10-12/h2-3,6-13,22-23H,4-5H2,1H3,(H,24,25). The van der Waals surface area contributed by atoms with Crippen LogP contribution in [0.25, 0.3) is 0 Å². The molecule has 0 saturated heterocycles. The van der Waals surface area contributed by atoms with Crippen LogP contribution in [-0.2, 0) is 4.74 Å². The second kappa shape index (κ2) is 9.58. The van der Waals surface area contributed by atoms with Crippen LogP contribution in [0.1, 0.15) is 33.6 Å². The van der Waals surface area contributed by atoms with E-state index in [0.717, 1.165) is 18.5 Å². The van der Waals surface area contributed by atoms with Crippen LogP contribution in [0.5, 0.6) is 0 Å². The summed E-state index contributed by atoms with van der Waals surface area (Å²) in [7, 11) is 1.25. The van der Waals surface area contributed by atoms with Crippen molar-refractivity contribution in [2.75, 3.05) is 17.7 Å². The summed E-state index contributed by atoms with van der Waals surface area (Å²) in [6.07, 6.45) is 6.05. The van der Waals surface area contributed by atoms with E-state index >= 15 is 0 Å². The Labute approximate surface area is 177 Å². The summed E-state index contributed by atoms with van der Waals surface area (Å²) in [5.74, 6) is -1.80. The minimum absolute atomic E-state index is 0.0547. The topological polar surface area (TPSA) is 87.7 Å². The van der Waals surface area contributed by atoms with Crippen molar-refractivity contribution in [2.45, 2.75) is 24.9 Å². The summed E-state index contributed by atoms with van der Waals surface area (Å²) >= 11 is -0.158. The first-order valence-electron chi connectivity index (χ1n) is 8.32. The number of halogens is 2. The van der Waals surface area contributed by atoms with Gasteiger partial charge in [0.05, 0.1) is 41.7 Å². The van der Waals surface area contributed by atoms with Crippen LogP contribution in [-0.4, -0.2) is 44.3 Å². The Balaban J connectivity index is 1.99. The number of benzene rings is 1. The number of carbonyl (C=O) groups excluding carboxylic acids is 1. The first-order valence-corrected chi connectivity index (χ1v) is 13.3. The van der Waals surface area contributed by atoms with Crippen LogP contribution in [0, 0.1) is 0 Å². The molecule has 2 aliphatic rings. The van der Waals surface area contributed by atoms with E-state index in [2.05, 4.69) is 39.0 Å². The molecule has 1 aromatic carbocycles. The zero-order chi connectivity index (χ0) is 19.2. The van der Waals surface area contributed by atoms with Crippen LogP contribution >= 0.6 is 41.5 Å². The molecule has 0 radical (unpaired) electrons. The van der Waals surface area contributed by atoms with E-state index in [1.807, 2.05) is 0 Å². The van der Waals surface area contributed by atoms with Crippen molar-refractivity contribution in [3.8, 4) is 0 Å². The number of rotatable bonds is 6. The summed E-state index contributed by atoms with van der Waals surface area (Å²) in [6, 6.07) is 3.47. The summed E-state index contributed by atoms with van der Waals surface area (Å²) in [4.78, 5) is 23.8. The maximum Gasteiger partial charge on any atom is 0.338 e. The molecule has 8 heteroatoms. The van der Waals surface area contributed by atoms with Crippen molar-refractivity contribution in [3.63, 3.8) is 0 Å². The van der Waals surface area contributed by atoms with Crippen molar-refractivity contribution >= 4 is 72.8 Å². The lowest BCUT2D eigenvalue weighted by atomic mass is 10.0. The largest absolute Gasteiger partial charge is 0.478 e. The van der Waals surface area contributed by atoms with Crippen molar-refractivity contribution in [2.24, 2.45) is 0 Å². The van der Waals surface area contributed by atoms with E-state index in [1.54, 1.807) is 6.07 Å². The molecule has 0 aromatic heterocycles. The van der Waals surface area contributed by atoms with Gasteiger partial charge in [-0.1, -0.05) is 53.6 Å². The van der Waals surface area contributed by atoms with E-state index in [4.69, 9.17) is 4.74 Å². The van der Waals surface area contributed by atoms with E-state index < -0.39 is 11.9 Å². The second-order valence-corrected chi connectivity index (χ2v) is 10.3. The summed E-state index contributed by atoms with van der Waals surface area (Å²) in [5.41, 5.74) is 1.42.